The van der Waals surface area contributed by atoms with Crippen molar-refractivity contribution >= 4 is 102 Å². The van der Waals surface area contributed by atoms with Crippen molar-refractivity contribution in [2.75, 3.05) is 4.90 Å². The summed E-state index contributed by atoms with van der Waals surface area (Å²) in [6, 6.07) is 54.6. The Morgan fingerprint density at radius 3 is 2.00 bits per heavy atom. The lowest BCUT2D eigenvalue weighted by Gasteiger charge is -2.26. The van der Waals surface area contributed by atoms with Crippen molar-refractivity contribution in [3.05, 3.63) is 152 Å². The molecular formula is C42H25NOS2. The topological polar surface area (TPSA) is 16.4 Å². The van der Waals surface area contributed by atoms with Gasteiger partial charge in [-0.25, -0.2) is 0 Å². The SMILES string of the molecule is c1ccc(-c2cccc3c2sc2c(N(c4ccc5sc6ccccc6c5c4)c4cccc5c4oc4ccccc45)cccc23)cc1. The lowest BCUT2D eigenvalue weighted by molar-refractivity contribution is 0.669. The Kier molecular flexibility index (Phi) is 5.65. The smallest absolute Gasteiger partial charge is 0.159 e. The molecule has 0 unspecified atom stereocenters. The lowest BCUT2D eigenvalue weighted by atomic mass is 10.0. The molecule has 0 aliphatic carbocycles. The molecule has 10 aromatic rings. The second-order valence-electron chi connectivity index (χ2n) is 11.7. The highest BCUT2D eigenvalue weighted by Gasteiger charge is 2.23. The van der Waals surface area contributed by atoms with E-state index in [0.29, 0.717) is 0 Å². The number of nitrogens with zero attached hydrogens (tertiary/aromatic N) is 1. The highest BCUT2D eigenvalue weighted by molar-refractivity contribution is 7.27. The molecule has 0 atom stereocenters. The molecule has 0 N–H and O–H groups in total. The molecule has 10 rings (SSSR count). The molecule has 2 nitrogen and oxygen atoms in total. The normalized spacial score (nSPS) is 11.9. The van der Waals surface area contributed by atoms with Gasteiger partial charge in [-0.05, 0) is 53.6 Å². The molecule has 3 heterocycles. The summed E-state index contributed by atoms with van der Waals surface area (Å²) in [7, 11) is 0. The van der Waals surface area contributed by atoms with Gasteiger partial charge in [0.1, 0.15) is 5.58 Å². The Morgan fingerprint density at radius 2 is 1.11 bits per heavy atom. The number of thiophene rings is 2. The van der Waals surface area contributed by atoms with Crippen LogP contribution >= 0.6 is 22.7 Å². The van der Waals surface area contributed by atoms with E-state index in [0.717, 1.165) is 39.0 Å². The van der Waals surface area contributed by atoms with Gasteiger partial charge in [-0.3, -0.25) is 0 Å². The zero-order chi connectivity index (χ0) is 30.2. The first-order valence-electron chi connectivity index (χ1n) is 15.4. The van der Waals surface area contributed by atoms with E-state index in [2.05, 4.69) is 150 Å². The van der Waals surface area contributed by atoms with Crippen LogP contribution in [0.25, 0.3) is 73.4 Å². The number of para-hydroxylation sites is 2. The van der Waals surface area contributed by atoms with Gasteiger partial charge in [0.25, 0.3) is 0 Å². The van der Waals surface area contributed by atoms with Crippen molar-refractivity contribution < 1.29 is 4.42 Å². The summed E-state index contributed by atoms with van der Waals surface area (Å²) in [5.41, 5.74) is 7.57. The van der Waals surface area contributed by atoms with Crippen molar-refractivity contribution in [3.8, 4) is 11.1 Å². The van der Waals surface area contributed by atoms with Gasteiger partial charge >= 0.3 is 0 Å². The first-order chi connectivity index (χ1) is 22.8. The van der Waals surface area contributed by atoms with Crippen molar-refractivity contribution in [2.45, 2.75) is 0 Å². The van der Waals surface area contributed by atoms with E-state index in [-0.39, 0.29) is 0 Å². The third kappa shape index (κ3) is 3.81. The number of anilines is 3. The molecule has 0 aliphatic rings. The second-order valence-corrected chi connectivity index (χ2v) is 13.8. The molecule has 0 saturated carbocycles. The maximum atomic E-state index is 6.66. The van der Waals surface area contributed by atoms with Crippen LogP contribution in [0, 0.1) is 0 Å². The molecular weight excluding hydrogens is 599 g/mol. The Hall–Kier alpha value is -5.42. The molecule has 7 aromatic carbocycles. The number of furan rings is 1. The summed E-state index contributed by atoms with van der Waals surface area (Å²) in [6.45, 7) is 0. The number of benzene rings is 7. The molecule has 0 spiro atoms. The van der Waals surface area contributed by atoms with Gasteiger partial charge in [-0.1, -0.05) is 109 Å². The highest BCUT2D eigenvalue weighted by atomic mass is 32.1. The zero-order valence-corrected chi connectivity index (χ0v) is 26.2. The Balaban J connectivity index is 1.30. The van der Waals surface area contributed by atoms with Crippen molar-refractivity contribution in [1.82, 2.24) is 0 Å². The largest absolute Gasteiger partial charge is 0.454 e. The summed E-state index contributed by atoms with van der Waals surface area (Å²) in [4.78, 5) is 2.41. The fourth-order valence-electron chi connectivity index (χ4n) is 7.00. The first kappa shape index (κ1) is 25.9. The molecule has 0 amide bonds. The molecule has 3 aromatic heterocycles. The number of rotatable bonds is 4. The van der Waals surface area contributed by atoms with Gasteiger partial charge < -0.3 is 9.32 Å². The number of hydrogen-bond donors (Lipinski definition) is 0. The van der Waals surface area contributed by atoms with Crippen LogP contribution in [-0.4, -0.2) is 0 Å². The van der Waals surface area contributed by atoms with Gasteiger partial charge in [0.2, 0.25) is 0 Å². The minimum Gasteiger partial charge on any atom is -0.454 e. The summed E-state index contributed by atoms with van der Waals surface area (Å²) in [5.74, 6) is 0. The van der Waals surface area contributed by atoms with E-state index >= 15 is 0 Å². The van der Waals surface area contributed by atoms with Gasteiger partial charge in [-0.2, -0.15) is 0 Å². The molecule has 0 fully saturated rings. The Labute approximate surface area is 273 Å². The molecule has 216 valence electrons. The lowest BCUT2D eigenvalue weighted by Crippen LogP contribution is -2.10. The fraction of sp³-hybridized carbons (Fsp3) is 0. The molecule has 0 bridgehead atoms. The van der Waals surface area contributed by atoms with E-state index < -0.39 is 0 Å². The van der Waals surface area contributed by atoms with E-state index in [4.69, 9.17) is 4.42 Å². The maximum Gasteiger partial charge on any atom is 0.159 e. The van der Waals surface area contributed by atoms with Crippen molar-refractivity contribution in [2.24, 2.45) is 0 Å². The third-order valence-electron chi connectivity index (χ3n) is 9.07. The van der Waals surface area contributed by atoms with Crippen LogP contribution in [0.2, 0.25) is 0 Å². The van der Waals surface area contributed by atoms with Crippen molar-refractivity contribution in [1.29, 1.82) is 0 Å². The maximum absolute atomic E-state index is 6.66. The quantitative estimate of drug-likeness (QED) is 0.194. The summed E-state index contributed by atoms with van der Waals surface area (Å²) >= 11 is 3.72. The first-order valence-corrected chi connectivity index (χ1v) is 17.1. The van der Waals surface area contributed by atoms with E-state index in [1.54, 1.807) is 0 Å². The van der Waals surface area contributed by atoms with Gasteiger partial charge in [0.05, 0.1) is 16.1 Å². The van der Waals surface area contributed by atoms with Gasteiger partial charge in [0, 0.05) is 52.1 Å². The van der Waals surface area contributed by atoms with E-state index in [1.807, 2.05) is 28.7 Å². The summed E-state index contributed by atoms with van der Waals surface area (Å²) in [6.07, 6.45) is 0. The van der Waals surface area contributed by atoms with Crippen LogP contribution in [0.3, 0.4) is 0 Å². The Morgan fingerprint density at radius 1 is 0.435 bits per heavy atom. The second kappa shape index (κ2) is 10.0. The third-order valence-corrected chi connectivity index (χ3v) is 11.5. The summed E-state index contributed by atoms with van der Waals surface area (Å²) in [5, 5.41) is 7.36. The summed E-state index contributed by atoms with van der Waals surface area (Å²) < 4.78 is 11.8. The predicted octanol–water partition coefficient (Wildman–Crippen LogP) is 13.5. The molecule has 46 heavy (non-hydrogen) atoms. The minimum atomic E-state index is 0.891. The van der Waals surface area contributed by atoms with E-state index in [9.17, 15) is 0 Å². The van der Waals surface area contributed by atoms with Gasteiger partial charge in [0.15, 0.2) is 5.58 Å². The number of hydrogen-bond acceptors (Lipinski definition) is 4. The van der Waals surface area contributed by atoms with Crippen molar-refractivity contribution in [3.63, 3.8) is 0 Å². The van der Waals surface area contributed by atoms with Crippen LogP contribution in [0.5, 0.6) is 0 Å². The molecule has 0 radical (unpaired) electrons. The zero-order valence-electron chi connectivity index (χ0n) is 24.6. The van der Waals surface area contributed by atoms with Crippen LogP contribution in [0.1, 0.15) is 0 Å². The molecule has 0 saturated heterocycles. The molecule has 4 heteroatoms. The Bertz CT molecular complexity index is 2770. The monoisotopic (exact) mass is 623 g/mol. The average molecular weight is 624 g/mol. The fourth-order valence-corrected chi connectivity index (χ4v) is 9.42. The number of fused-ring (bicyclic) bond motifs is 9. The van der Waals surface area contributed by atoms with Crippen LogP contribution in [0.15, 0.2) is 156 Å². The predicted molar refractivity (Wildman–Crippen MR) is 200 cm³/mol. The average Bonchev–Trinajstić information content (AvgIpc) is 3.81. The van der Waals surface area contributed by atoms with E-state index in [1.165, 1.54) is 51.5 Å². The van der Waals surface area contributed by atoms with Crippen LogP contribution in [0.4, 0.5) is 17.1 Å². The minimum absolute atomic E-state index is 0.891. The molecule has 0 aliphatic heterocycles. The standard InChI is InChI=1S/C42H25NOS2/c1-2-11-26(12-3-1)28-15-8-17-32-33-18-10-20-36(42(33)46-41(28)32)43(27-23-24-39-34(25-27)30-14-5-7-22-38(30)45-39)35-19-9-16-31-29-13-4-6-21-37(29)44-40(31)35/h1-25H. The van der Waals surface area contributed by atoms with Gasteiger partial charge in [-0.15, -0.1) is 22.7 Å². The van der Waals surface area contributed by atoms with Crippen LogP contribution < -0.4 is 4.90 Å². The van der Waals surface area contributed by atoms with Crippen LogP contribution in [-0.2, 0) is 0 Å². The highest BCUT2D eigenvalue weighted by Crippen LogP contribution is 2.49.